The number of nitriles is 3. The van der Waals surface area contributed by atoms with Gasteiger partial charge in [0.05, 0.1) is 23.4 Å². The lowest BCUT2D eigenvalue weighted by Crippen LogP contribution is -2.47. The van der Waals surface area contributed by atoms with Crippen LogP contribution in [0, 0.1) is 45.3 Å². The molecule has 0 spiro atoms. The molecule has 0 saturated carbocycles. The van der Waals surface area contributed by atoms with E-state index in [0.717, 1.165) is 17.7 Å². The quantitative estimate of drug-likeness (QED) is 0.785. The van der Waals surface area contributed by atoms with Crippen LogP contribution in [0.25, 0.3) is 0 Å². The molecule has 2 N–H and O–H groups in total. The van der Waals surface area contributed by atoms with E-state index in [0.29, 0.717) is 24.6 Å². The summed E-state index contributed by atoms with van der Waals surface area (Å²) in [5, 5.41) is 30.4. The van der Waals surface area contributed by atoms with Gasteiger partial charge >= 0.3 is 0 Å². The summed E-state index contributed by atoms with van der Waals surface area (Å²) in [5.74, 6) is 0.377. The topological polar surface area (TPSA) is 119 Å². The number of hydrogen-bond donors (Lipinski definition) is 1. The molecular formula is C26H21N5O2. The molecule has 0 radical (unpaired) electrons. The summed E-state index contributed by atoms with van der Waals surface area (Å²) in [4.78, 5) is 2.26. The number of benzene rings is 2. The highest BCUT2D eigenvalue weighted by Crippen LogP contribution is 2.55. The first-order valence-corrected chi connectivity index (χ1v) is 10.7. The van der Waals surface area contributed by atoms with Crippen molar-refractivity contribution in [3.05, 3.63) is 82.6 Å². The fourth-order valence-electron chi connectivity index (χ4n) is 5.19. The lowest BCUT2D eigenvalue weighted by Gasteiger charge is -2.45. The van der Waals surface area contributed by atoms with Crippen molar-refractivity contribution in [1.82, 2.24) is 4.90 Å². The van der Waals surface area contributed by atoms with Gasteiger partial charge in [-0.2, -0.15) is 15.8 Å². The molecule has 0 bridgehead atoms. The molecule has 7 heteroatoms. The lowest BCUT2D eigenvalue weighted by molar-refractivity contribution is 0.173. The minimum absolute atomic E-state index is 0.0247. The normalized spacial score (nSPS) is 23.0. The van der Waals surface area contributed by atoms with Crippen LogP contribution in [0.15, 0.2) is 71.5 Å². The zero-order chi connectivity index (χ0) is 23.0. The Morgan fingerprint density at radius 2 is 1.79 bits per heavy atom. The fraction of sp³-hybridized carbons (Fsp3) is 0.269. The van der Waals surface area contributed by atoms with E-state index < -0.39 is 11.3 Å². The van der Waals surface area contributed by atoms with E-state index in [-0.39, 0.29) is 24.0 Å². The second-order valence-electron chi connectivity index (χ2n) is 8.47. The van der Waals surface area contributed by atoms with Gasteiger partial charge in [-0.05, 0) is 28.8 Å². The van der Waals surface area contributed by atoms with Gasteiger partial charge in [0, 0.05) is 31.5 Å². The van der Waals surface area contributed by atoms with Gasteiger partial charge in [0.2, 0.25) is 6.79 Å². The molecule has 2 heterocycles. The van der Waals surface area contributed by atoms with Crippen molar-refractivity contribution in [3.63, 3.8) is 0 Å². The summed E-state index contributed by atoms with van der Waals surface area (Å²) in [6.45, 7) is 2.09. The number of nitrogens with two attached hydrogens (primary N) is 1. The average Bonchev–Trinajstić information content (AvgIpc) is 3.32. The van der Waals surface area contributed by atoms with E-state index in [1.807, 2.05) is 36.4 Å². The average molecular weight is 435 g/mol. The second-order valence-corrected chi connectivity index (χ2v) is 8.47. The molecule has 2 aromatic rings. The van der Waals surface area contributed by atoms with Gasteiger partial charge in [-0.15, -0.1) is 0 Å². The molecule has 0 fully saturated rings. The SMILES string of the molecule is N#CC1=C(N)C(C#N)(C#N)[C@@H](c2ccc3c(c2)OCO3)[C@@H]2CN(Cc3ccccc3)CC=C12. The van der Waals surface area contributed by atoms with Crippen LogP contribution in [0.3, 0.4) is 0 Å². The summed E-state index contributed by atoms with van der Waals surface area (Å²) in [5.41, 5.74) is 7.75. The molecule has 162 valence electrons. The molecule has 2 aliphatic heterocycles. The van der Waals surface area contributed by atoms with Crippen molar-refractivity contribution in [2.45, 2.75) is 12.5 Å². The number of fused-ring (bicyclic) bond motifs is 2. The van der Waals surface area contributed by atoms with Crippen LogP contribution >= 0.6 is 0 Å². The second kappa shape index (κ2) is 8.02. The Morgan fingerprint density at radius 3 is 2.52 bits per heavy atom. The van der Waals surface area contributed by atoms with Gasteiger partial charge in [-0.1, -0.05) is 42.5 Å². The predicted molar refractivity (Wildman–Crippen MR) is 119 cm³/mol. The maximum Gasteiger partial charge on any atom is 0.231 e. The third kappa shape index (κ3) is 3.21. The predicted octanol–water partition coefficient (Wildman–Crippen LogP) is 3.34. The third-order valence-corrected chi connectivity index (χ3v) is 6.74. The van der Waals surface area contributed by atoms with Crippen LogP contribution in [0.2, 0.25) is 0 Å². The largest absolute Gasteiger partial charge is 0.454 e. The van der Waals surface area contributed by atoms with Crippen LogP contribution in [-0.2, 0) is 6.54 Å². The van der Waals surface area contributed by atoms with Crippen molar-refractivity contribution in [2.75, 3.05) is 19.9 Å². The summed E-state index contributed by atoms with van der Waals surface area (Å²) < 4.78 is 11.0. The minimum atomic E-state index is -1.67. The molecule has 0 saturated heterocycles. The Kier molecular flexibility index (Phi) is 5.02. The Morgan fingerprint density at radius 1 is 1.03 bits per heavy atom. The molecule has 7 nitrogen and oxygen atoms in total. The molecule has 2 atom stereocenters. The minimum Gasteiger partial charge on any atom is -0.454 e. The molecule has 1 aliphatic carbocycles. The summed E-state index contributed by atoms with van der Waals surface area (Å²) in [7, 11) is 0. The highest BCUT2D eigenvalue weighted by molar-refractivity contribution is 5.60. The molecular weight excluding hydrogens is 414 g/mol. The first kappa shape index (κ1) is 20.6. The van der Waals surface area contributed by atoms with Gasteiger partial charge in [0.25, 0.3) is 0 Å². The molecule has 0 amide bonds. The highest BCUT2D eigenvalue weighted by atomic mass is 16.7. The van der Waals surface area contributed by atoms with E-state index in [4.69, 9.17) is 15.2 Å². The Bertz CT molecular complexity index is 1280. The standard InChI is InChI=1S/C26H21N5O2/c27-11-20-19-8-9-31(12-17-4-2-1-3-5-17)13-21(19)24(26(14-28,15-29)25(20)30)18-6-7-22-23(10-18)33-16-32-22/h1-8,10,21,24H,9,12-13,16,30H2/t21-,24+/m1/s1. The Labute approximate surface area is 192 Å². The first-order chi connectivity index (χ1) is 16.1. The van der Waals surface area contributed by atoms with Gasteiger partial charge in [-0.25, -0.2) is 0 Å². The zero-order valence-corrected chi connectivity index (χ0v) is 17.9. The van der Waals surface area contributed by atoms with Crippen LogP contribution in [0.5, 0.6) is 11.5 Å². The number of rotatable bonds is 3. The zero-order valence-electron chi connectivity index (χ0n) is 17.9. The highest BCUT2D eigenvalue weighted by Gasteiger charge is 2.54. The van der Waals surface area contributed by atoms with E-state index in [9.17, 15) is 15.8 Å². The molecule has 33 heavy (non-hydrogen) atoms. The number of hydrogen-bond acceptors (Lipinski definition) is 7. The Balaban J connectivity index is 1.63. The van der Waals surface area contributed by atoms with Crippen molar-refractivity contribution in [3.8, 4) is 29.7 Å². The maximum atomic E-state index is 10.3. The molecule has 0 unspecified atom stereocenters. The van der Waals surface area contributed by atoms with Gasteiger partial charge in [0.15, 0.2) is 16.9 Å². The van der Waals surface area contributed by atoms with Crippen molar-refractivity contribution < 1.29 is 9.47 Å². The summed E-state index contributed by atoms with van der Waals surface area (Å²) in [6.07, 6.45) is 2.02. The maximum absolute atomic E-state index is 10.3. The number of allylic oxidation sites excluding steroid dienone is 2. The molecule has 2 aromatic carbocycles. The van der Waals surface area contributed by atoms with E-state index in [2.05, 4.69) is 35.2 Å². The summed E-state index contributed by atoms with van der Waals surface area (Å²) >= 11 is 0. The smallest absolute Gasteiger partial charge is 0.231 e. The molecule has 0 aromatic heterocycles. The number of nitrogens with zero attached hydrogens (tertiary/aromatic N) is 4. The van der Waals surface area contributed by atoms with Crippen LogP contribution in [0.4, 0.5) is 0 Å². The Hall–Kier alpha value is -4.25. The first-order valence-electron chi connectivity index (χ1n) is 10.7. The summed E-state index contributed by atoms with van der Waals surface area (Å²) in [6, 6.07) is 22.2. The van der Waals surface area contributed by atoms with Gasteiger partial charge in [-0.3, -0.25) is 4.90 Å². The van der Waals surface area contributed by atoms with E-state index in [1.165, 1.54) is 5.56 Å². The fourth-order valence-corrected chi connectivity index (χ4v) is 5.19. The molecule has 3 aliphatic rings. The molecule has 5 rings (SSSR count). The van der Waals surface area contributed by atoms with Crippen molar-refractivity contribution in [2.24, 2.45) is 17.1 Å². The monoisotopic (exact) mass is 435 g/mol. The van der Waals surface area contributed by atoms with E-state index >= 15 is 0 Å². The van der Waals surface area contributed by atoms with E-state index in [1.54, 1.807) is 6.07 Å². The van der Waals surface area contributed by atoms with Crippen molar-refractivity contribution >= 4 is 0 Å². The van der Waals surface area contributed by atoms with Crippen LogP contribution in [-0.4, -0.2) is 24.8 Å². The third-order valence-electron chi connectivity index (χ3n) is 6.74. The lowest BCUT2D eigenvalue weighted by atomic mass is 9.58. The van der Waals surface area contributed by atoms with Crippen LogP contribution in [0.1, 0.15) is 17.0 Å². The van der Waals surface area contributed by atoms with Crippen molar-refractivity contribution in [1.29, 1.82) is 15.8 Å². The van der Waals surface area contributed by atoms with Crippen LogP contribution < -0.4 is 15.2 Å². The van der Waals surface area contributed by atoms with Gasteiger partial charge in [0.1, 0.15) is 6.07 Å². The number of ether oxygens (including phenoxy) is 2. The van der Waals surface area contributed by atoms with Gasteiger partial charge < -0.3 is 15.2 Å².